The van der Waals surface area contributed by atoms with E-state index >= 15 is 0 Å². The number of para-hydroxylation sites is 1. The number of hydrogen-bond acceptors (Lipinski definition) is 3. The molecule has 0 spiro atoms. The van der Waals surface area contributed by atoms with Gasteiger partial charge in [0.05, 0.1) is 0 Å². The second-order valence-electron chi connectivity index (χ2n) is 6.68. The summed E-state index contributed by atoms with van der Waals surface area (Å²) in [5, 5.41) is 6.13. The standard InChI is InChI=1S/C19H28F2N4O2.HI/c1-14-6-5-11-25(13-14)17(26)9-10-23-19(22-2)24-12-15-7-3-4-8-16(15)27-18(20)21;/h3-4,7-8,14,18H,5-6,9-13H2,1-2H3,(H2,22,23,24);1H. The predicted octanol–water partition coefficient (Wildman–Crippen LogP) is 3.22. The number of hydrogen-bond donors (Lipinski definition) is 2. The van der Waals surface area contributed by atoms with Gasteiger partial charge in [-0.15, -0.1) is 24.0 Å². The molecule has 1 aliphatic rings. The number of likely N-dealkylation sites (tertiary alicyclic amines) is 1. The van der Waals surface area contributed by atoms with Gasteiger partial charge in [-0.05, 0) is 24.8 Å². The largest absolute Gasteiger partial charge is 0.434 e. The first-order chi connectivity index (χ1) is 13.0. The lowest BCUT2D eigenvalue weighted by Crippen LogP contribution is -2.42. The first-order valence-corrected chi connectivity index (χ1v) is 9.24. The number of piperidine rings is 1. The molecule has 1 saturated heterocycles. The van der Waals surface area contributed by atoms with E-state index < -0.39 is 6.61 Å². The van der Waals surface area contributed by atoms with Crippen LogP contribution in [0.25, 0.3) is 0 Å². The second-order valence-corrected chi connectivity index (χ2v) is 6.68. The van der Waals surface area contributed by atoms with Crippen molar-refractivity contribution in [2.24, 2.45) is 10.9 Å². The summed E-state index contributed by atoms with van der Waals surface area (Å²) in [5.41, 5.74) is 0.596. The minimum Gasteiger partial charge on any atom is -0.434 e. The van der Waals surface area contributed by atoms with Crippen LogP contribution in [-0.4, -0.2) is 50.1 Å². The number of amides is 1. The van der Waals surface area contributed by atoms with Crippen LogP contribution in [0.15, 0.2) is 29.3 Å². The van der Waals surface area contributed by atoms with Gasteiger partial charge in [-0.1, -0.05) is 25.1 Å². The Morgan fingerprint density at radius 1 is 1.36 bits per heavy atom. The van der Waals surface area contributed by atoms with Crippen LogP contribution in [0.4, 0.5) is 8.78 Å². The maximum atomic E-state index is 12.5. The molecular weight excluding hydrogens is 481 g/mol. The van der Waals surface area contributed by atoms with E-state index in [1.807, 2.05) is 4.90 Å². The minimum absolute atomic E-state index is 0. The van der Waals surface area contributed by atoms with Crippen molar-refractivity contribution in [1.82, 2.24) is 15.5 Å². The van der Waals surface area contributed by atoms with Gasteiger partial charge in [0, 0.05) is 45.2 Å². The van der Waals surface area contributed by atoms with Crippen LogP contribution in [0, 0.1) is 5.92 Å². The molecule has 1 aliphatic heterocycles. The van der Waals surface area contributed by atoms with Gasteiger partial charge >= 0.3 is 6.61 Å². The molecule has 1 aromatic rings. The number of carbonyl (C=O) groups excluding carboxylic acids is 1. The Hall–Kier alpha value is -1.65. The summed E-state index contributed by atoms with van der Waals surface area (Å²) in [4.78, 5) is 18.3. The highest BCUT2D eigenvalue weighted by Gasteiger charge is 2.20. The van der Waals surface area contributed by atoms with E-state index in [1.54, 1.807) is 25.2 Å². The van der Waals surface area contributed by atoms with Gasteiger partial charge in [0.25, 0.3) is 0 Å². The van der Waals surface area contributed by atoms with E-state index in [1.165, 1.54) is 12.5 Å². The van der Waals surface area contributed by atoms with Crippen molar-refractivity contribution >= 4 is 35.8 Å². The maximum absolute atomic E-state index is 12.5. The van der Waals surface area contributed by atoms with Gasteiger partial charge in [0.15, 0.2) is 5.96 Å². The summed E-state index contributed by atoms with van der Waals surface area (Å²) in [6.07, 6.45) is 2.62. The number of ether oxygens (including phenoxy) is 1. The lowest BCUT2D eigenvalue weighted by molar-refractivity contribution is -0.132. The zero-order chi connectivity index (χ0) is 19.6. The van der Waals surface area contributed by atoms with Crippen LogP contribution in [0.5, 0.6) is 5.75 Å². The average Bonchev–Trinajstić information content (AvgIpc) is 2.65. The Bertz CT molecular complexity index is 646. The van der Waals surface area contributed by atoms with Gasteiger partial charge in [0.1, 0.15) is 5.75 Å². The number of benzene rings is 1. The topological polar surface area (TPSA) is 66.0 Å². The first kappa shape index (κ1) is 24.4. The van der Waals surface area contributed by atoms with Crippen LogP contribution in [-0.2, 0) is 11.3 Å². The highest BCUT2D eigenvalue weighted by Crippen LogP contribution is 2.20. The number of guanidine groups is 1. The van der Waals surface area contributed by atoms with E-state index in [-0.39, 0.29) is 42.2 Å². The summed E-state index contributed by atoms with van der Waals surface area (Å²) in [6.45, 7) is 1.69. The summed E-state index contributed by atoms with van der Waals surface area (Å²) in [7, 11) is 1.62. The average molecular weight is 510 g/mol. The molecule has 0 saturated carbocycles. The molecule has 1 aromatic carbocycles. The van der Waals surface area contributed by atoms with E-state index in [2.05, 4.69) is 27.3 Å². The summed E-state index contributed by atoms with van der Waals surface area (Å²) >= 11 is 0. The number of aliphatic imine (C=N–C) groups is 1. The fraction of sp³-hybridized carbons (Fsp3) is 0.579. The molecule has 2 rings (SSSR count). The van der Waals surface area contributed by atoms with Gasteiger partial charge in [0.2, 0.25) is 5.91 Å². The van der Waals surface area contributed by atoms with Gasteiger partial charge < -0.3 is 20.3 Å². The molecule has 0 aliphatic carbocycles. The van der Waals surface area contributed by atoms with E-state index in [0.717, 1.165) is 19.5 Å². The maximum Gasteiger partial charge on any atom is 0.387 e. The van der Waals surface area contributed by atoms with Crippen molar-refractivity contribution in [3.05, 3.63) is 29.8 Å². The molecule has 9 heteroatoms. The summed E-state index contributed by atoms with van der Waals surface area (Å²) in [6, 6.07) is 6.60. The van der Waals surface area contributed by atoms with Crippen molar-refractivity contribution in [2.45, 2.75) is 39.3 Å². The van der Waals surface area contributed by atoms with E-state index in [4.69, 9.17) is 0 Å². The molecule has 1 heterocycles. The lowest BCUT2D eigenvalue weighted by atomic mass is 10.00. The summed E-state index contributed by atoms with van der Waals surface area (Å²) < 4.78 is 29.5. The molecule has 28 heavy (non-hydrogen) atoms. The fourth-order valence-corrected chi connectivity index (χ4v) is 3.12. The van der Waals surface area contributed by atoms with E-state index in [9.17, 15) is 13.6 Å². The molecule has 1 amide bonds. The number of carbonyl (C=O) groups is 1. The monoisotopic (exact) mass is 510 g/mol. The summed E-state index contributed by atoms with van der Waals surface area (Å²) in [5.74, 6) is 1.33. The van der Waals surface area contributed by atoms with Gasteiger partial charge in [-0.2, -0.15) is 8.78 Å². The minimum atomic E-state index is -2.87. The molecular formula is C19H29F2IN4O2. The SMILES string of the molecule is CN=C(NCCC(=O)N1CCCC(C)C1)NCc1ccccc1OC(F)F.I. The third kappa shape index (κ3) is 8.15. The third-order valence-corrected chi connectivity index (χ3v) is 4.50. The highest BCUT2D eigenvalue weighted by atomic mass is 127. The van der Waals surface area contributed by atoms with Gasteiger partial charge in [-0.3, -0.25) is 9.79 Å². The van der Waals surface area contributed by atoms with Crippen LogP contribution < -0.4 is 15.4 Å². The van der Waals surface area contributed by atoms with Crippen molar-refractivity contribution in [1.29, 1.82) is 0 Å². The second kappa shape index (κ2) is 12.7. The normalized spacial score (nSPS) is 17.1. The molecule has 1 unspecified atom stereocenters. The van der Waals surface area contributed by atoms with Crippen LogP contribution in [0.1, 0.15) is 31.7 Å². The quantitative estimate of drug-likeness (QED) is 0.336. The number of rotatable bonds is 7. The number of alkyl halides is 2. The van der Waals surface area contributed by atoms with Crippen molar-refractivity contribution in [2.75, 3.05) is 26.7 Å². The third-order valence-electron chi connectivity index (χ3n) is 4.50. The number of halogens is 3. The number of nitrogens with one attached hydrogen (secondary N) is 2. The molecule has 1 atom stereocenters. The number of nitrogens with zero attached hydrogens (tertiary/aromatic N) is 2. The molecule has 2 N–H and O–H groups in total. The van der Waals surface area contributed by atoms with Crippen molar-refractivity contribution < 1.29 is 18.3 Å². The Morgan fingerprint density at radius 3 is 2.79 bits per heavy atom. The Labute approximate surface area is 182 Å². The molecule has 0 aromatic heterocycles. The van der Waals surface area contributed by atoms with Crippen LogP contribution >= 0.6 is 24.0 Å². The molecule has 0 bridgehead atoms. The van der Waals surface area contributed by atoms with Crippen molar-refractivity contribution in [3.63, 3.8) is 0 Å². The molecule has 6 nitrogen and oxygen atoms in total. The highest BCUT2D eigenvalue weighted by molar-refractivity contribution is 14.0. The molecule has 1 fully saturated rings. The molecule has 0 radical (unpaired) electrons. The zero-order valence-corrected chi connectivity index (χ0v) is 18.6. The van der Waals surface area contributed by atoms with Crippen LogP contribution in [0.3, 0.4) is 0 Å². The predicted molar refractivity (Wildman–Crippen MR) is 116 cm³/mol. The lowest BCUT2D eigenvalue weighted by Gasteiger charge is -2.31. The molecule has 158 valence electrons. The first-order valence-electron chi connectivity index (χ1n) is 9.24. The van der Waals surface area contributed by atoms with E-state index in [0.29, 0.717) is 30.4 Å². The van der Waals surface area contributed by atoms with Crippen molar-refractivity contribution in [3.8, 4) is 5.75 Å². The van der Waals surface area contributed by atoms with Crippen LogP contribution in [0.2, 0.25) is 0 Å². The Balaban J connectivity index is 0.00000392. The van der Waals surface area contributed by atoms with Gasteiger partial charge in [-0.25, -0.2) is 0 Å². The zero-order valence-electron chi connectivity index (χ0n) is 16.3. The fourth-order valence-electron chi connectivity index (χ4n) is 3.12. The Kier molecular flexibility index (Phi) is 11.1. The Morgan fingerprint density at radius 2 is 2.11 bits per heavy atom. The smallest absolute Gasteiger partial charge is 0.387 e.